The molecule has 1 fully saturated rings. The summed E-state index contributed by atoms with van der Waals surface area (Å²) >= 11 is 0. The Balaban J connectivity index is 1.82. The van der Waals surface area contributed by atoms with Crippen molar-refractivity contribution < 1.29 is 19.8 Å². The molecular weight excluding hydrogens is 286 g/mol. The lowest BCUT2D eigenvalue weighted by Gasteiger charge is -2.14. The number of carboxylic acids is 1. The van der Waals surface area contributed by atoms with Crippen molar-refractivity contribution in [3.63, 3.8) is 0 Å². The number of aromatic nitrogens is 2. The van der Waals surface area contributed by atoms with Gasteiger partial charge in [-0.1, -0.05) is 18.2 Å². The molecule has 1 aromatic heterocycles. The van der Waals surface area contributed by atoms with E-state index in [0.29, 0.717) is 13.0 Å². The lowest BCUT2D eigenvalue weighted by atomic mass is 10.1. The van der Waals surface area contributed by atoms with Gasteiger partial charge in [0.1, 0.15) is 0 Å². The van der Waals surface area contributed by atoms with Crippen LogP contribution >= 0.6 is 0 Å². The van der Waals surface area contributed by atoms with E-state index in [1.165, 1.54) is 15.8 Å². The normalized spacial score (nSPS) is 17.6. The molecular formula is C15H15N3O4. The highest BCUT2D eigenvalue weighted by atomic mass is 16.4. The minimum atomic E-state index is -0.908. The summed E-state index contributed by atoms with van der Waals surface area (Å²) in [6.45, 7) is 0.499. The lowest BCUT2D eigenvalue weighted by molar-refractivity contribution is -0.141. The third-order valence-electron chi connectivity index (χ3n) is 3.74. The van der Waals surface area contributed by atoms with E-state index in [-0.39, 0.29) is 18.0 Å². The highest BCUT2D eigenvalue weighted by molar-refractivity contribution is 5.95. The van der Waals surface area contributed by atoms with Gasteiger partial charge in [0.2, 0.25) is 0 Å². The van der Waals surface area contributed by atoms with Crippen LogP contribution in [0.2, 0.25) is 0 Å². The van der Waals surface area contributed by atoms with E-state index in [2.05, 4.69) is 5.10 Å². The molecule has 7 heteroatoms. The van der Waals surface area contributed by atoms with Crippen molar-refractivity contribution in [2.24, 2.45) is 5.92 Å². The number of amides is 1. The smallest absolute Gasteiger partial charge is 0.308 e. The molecule has 0 unspecified atom stereocenters. The van der Waals surface area contributed by atoms with Crippen LogP contribution in [0.1, 0.15) is 16.9 Å². The second-order valence-corrected chi connectivity index (χ2v) is 5.22. The maximum absolute atomic E-state index is 12.4. The fourth-order valence-corrected chi connectivity index (χ4v) is 2.53. The predicted octanol–water partition coefficient (Wildman–Crippen LogP) is 1.12. The molecule has 1 aromatic carbocycles. The molecule has 2 aromatic rings. The number of aromatic hydroxyl groups is 1. The maximum atomic E-state index is 12.4. The van der Waals surface area contributed by atoms with Gasteiger partial charge in [0.25, 0.3) is 5.91 Å². The van der Waals surface area contributed by atoms with Gasteiger partial charge in [-0.3, -0.25) is 9.59 Å². The zero-order valence-electron chi connectivity index (χ0n) is 11.7. The number of rotatable bonds is 3. The summed E-state index contributed by atoms with van der Waals surface area (Å²) in [4.78, 5) is 24.7. The van der Waals surface area contributed by atoms with E-state index in [9.17, 15) is 14.7 Å². The third-order valence-corrected chi connectivity index (χ3v) is 3.74. The lowest BCUT2D eigenvalue weighted by Crippen LogP contribution is -2.30. The molecule has 2 heterocycles. The molecule has 1 saturated heterocycles. The van der Waals surface area contributed by atoms with E-state index in [1.807, 2.05) is 18.2 Å². The first-order valence-corrected chi connectivity index (χ1v) is 6.92. The molecule has 0 bridgehead atoms. The monoisotopic (exact) mass is 301 g/mol. The number of carbonyl (C=O) groups excluding carboxylic acids is 1. The Kier molecular flexibility index (Phi) is 3.54. The van der Waals surface area contributed by atoms with Crippen molar-refractivity contribution in [3.05, 3.63) is 42.2 Å². The molecule has 0 saturated carbocycles. The zero-order chi connectivity index (χ0) is 15.7. The van der Waals surface area contributed by atoms with Gasteiger partial charge >= 0.3 is 5.97 Å². The Hall–Kier alpha value is -2.83. The summed E-state index contributed by atoms with van der Waals surface area (Å²) in [7, 11) is 0. The van der Waals surface area contributed by atoms with E-state index in [4.69, 9.17) is 5.11 Å². The first kappa shape index (κ1) is 14.1. The number of carboxylic acid groups (broad SMARTS) is 1. The Morgan fingerprint density at radius 3 is 2.59 bits per heavy atom. The molecule has 7 nitrogen and oxygen atoms in total. The highest BCUT2D eigenvalue weighted by Gasteiger charge is 2.33. The standard InChI is InChI=1S/C15H15N3O4/c19-12-9-18(11-4-2-1-3-5-11)16-13(12)14(20)17-7-6-10(8-17)15(21)22/h1-5,9-10,19H,6-8H2,(H,21,22)/t10-/m0/s1. The number of likely N-dealkylation sites (tertiary alicyclic amines) is 1. The Labute approximate surface area is 126 Å². The highest BCUT2D eigenvalue weighted by Crippen LogP contribution is 2.23. The van der Waals surface area contributed by atoms with E-state index < -0.39 is 17.8 Å². The van der Waals surface area contributed by atoms with Crippen molar-refractivity contribution in [1.82, 2.24) is 14.7 Å². The van der Waals surface area contributed by atoms with Crippen LogP contribution in [0.4, 0.5) is 0 Å². The van der Waals surface area contributed by atoms with Gasteiger partial charge in [-0.2, -0.15) is 5.10 Å². The van der Waals surface area contributed by atoms with Crippen LogP contribution < -0.4 is 0 Å². The number of carbonyl (C=O) groups is 2. The first-order valence-electron chi connectivity index (χ1n) is 6.92. The number of aliphatic carboxylic acids is 1. The van der Waals surface area contributed by atoms with Gasteiger partial charge in [0.15, 0.2) is 11.4 Å². The summed E-state index contributed by atoms with van der Waals surface area (Å²) < 4.78 is 1.42. The SMILES string of the molecule is O=C(O)[C@H]1CCN(C(=O)c2nn(-c3ccccc3)cc2O)C1. The fourth-order valence-electron chi connectivity index (χ4n) is 2.53. The molecule has 0 aliphatic carbocycles. The molecule has 1 aliphatic heterocycles. The van der Waals surface area contributed by atoms with Crippen LogP contribution in [-0.4, -0.2) is 49.9 Å². The van der Waals surface area contributed by atoms with Crippen LogP contribution in [-0.2, 0) is 4.79 Å². The van der Waals surface area contributed by atoms with Gasteiger partial charge in [0, 0.05) is 13.1 Å². The summed E-state index contributed by atoms with van der Waals surface area (Å²) in [5.74, 6) is -2.12. The fraction of sp³-hybridized carbons (Fsp3) is 0.267. The zero-order valence-corrected chi connectivity index (χ0v) is 11.7. The molecule has 0 spiro atoms. The maximum Gasteiger partial charge on any atom is 0.308 e. The van der Waals surface area contributed by atoms with Crippen LogP contribution in [0.5, 0.6) is 5.75 Å². The van der Waals surface area contributed by atoms with Crippen LogP contribution in [0.15, 0.2) is 36.5 Å². The number of nitrogens with zero attached hydrogens (tertiary/aromatic N) is 3. The topological polar surface area (TPSA) is 95.7 Å². The Bertz CT molecular complexity index is 711. The molecule has 0 radical (unpaired) electrons. The molecule has 1 aliphatic rings. The van der Waals surface area contributed by atoms with Gasteiger partial charge in [0.05, 0.1) is 17.8 Å². The van der Waals surface area contributed by atoms with Gasteiger partial charge in [-0.05, 0) is 18.6 Å². The summed E-state index contributed by atoms with van der Waals surface area (Å²) in [6.07, 6.45) is 1.79. The van der Waals surface area contributed by atoms with Crippen molar-refractivity contribution in [3.8, 4) is 11.4 Å². The minimum absolute atomic E-state index is 0.0603. The Morgan fingerprint density at radius 1 is 1.23 bits per heavy atom. The summed E-state index contributed by atoms with van der Waals surface area (Å²) in [6, 6.07) is 9.12. The second-order valence-electron chi connectivity index (χ2n) is 5.22. The molecule has 114 valence electrons. The van der Waals surface area contributed by atoms with Crippen molar-refractivity contribution in [2.45, 2.75) is 6.42 Å². The number of hydrogen-bond donors (Lipinski definition) is 2. The van der Waals surface area contributed by atoms with Crippen molar-refractivity contribution >= 4 is 11.9 Å². The summed E-state index contributed by atoms with van der Waals surface area (Å²) in [5, 5.41) is 23.1. The van der Waals surface area contributed by atoms with Gasteiger partial charge < -0.3 is 15.1 Å². The largest absolute Gasteiger partial charge is 0.504 e. The quantitative estimate of drug-likeness (QED) is 0.886. The average Bonchev–Trinajstić information content (AvgIpc) is 3.14. The van der Waals surface area contributed by atoms with Crippen LogP contribution in [0.3, 0.4) is 0 Å². The average molecular weight is 301 g/mol. The number of hydrogen-bond acceptors (Lipinski definition) is 4. The Morgan fingerprint density at radius 2 is 1.95 bits per heavy atom. The van der Waals surface area contributed by atoms with E-state index in [0.717, 1.165) is 5.69 Å². The van der Waals surface area contributed by atoms with E-state index >= 15 is 0 Å². The van der Waals surface area contributed by atoms with Crippen molar-refractivity contribution in [2.75, 3.05) is 13.1 Å². The molecule has 1 atom stereocenters. The number of benzene rings is 1. The second kappa shape index (κ2) is 5.51. The van der Waals surface area contributed by atoms with Crippen LogP contribution in [0.25, 0.3) is 5.69 Å². The molecule has 3 rings (SSSR count). The summed E-state index contributed by atoms with van der Waals surface area (Å²) in [5.41, 5.74) is 0.663. The van der Waals surface area contributed by atoms with Crippen molar-refractivity contribution in [1.29, 1.82) is 0 Å². The molecule has 1 amide bonds. The minimum Gasteiger partial charge on any atom is -0.504 e. The predicted molar refractivity (Wildman–Crippen MR) is 76.9 cm³/mol. The third kappa shape index (κ3) is 2.52. The van der Waals surface area contributed by atoms with Gasteiger partial charge in [-0.15, -0.1) is 0 Å². The molecule has 2 N–H and O–H groups in total. The first-order chi connectivity index (χ1) is 10.6. The van der Waals surface area contributed by atoms with E-state index in [1.54, 1.807) is 12.1 Å². The number of para-hydroxylation sites is 1. The van der Waals surface area contributed by atoms with Gasteiger partial charge in [-0.25, -0.2) is 4.68 Å². The molecule has 22 heavy (non-hydrogen) atoms. The van der Waals surface area contributed by atoms with Crippen LogP contribution in [0, 0.1) is 5.92 Å².